The molecule has 0 fully saturated rings. The number of benzene rings is 1. The van der Waals surface area contributed by atoms with Crippen molar-refractivity contribution < 1.29 is 4.39 Å². The summed E-state index contributed by atoms with van der Waals surface area (Å²) >= 11 is 0. The summed E-state index contributed by atoms with van der Waals surface area (Å²) in [5.41, 5.74) is 1.80. The molecule has 1 aromatic carbocycles. The Balaban J connectivity index is 2.49. The molecule has 0 radical (unpaired) electrons. The number of nitriles is 1. The average Bonchev–Trinajstić information content (AvgIpc) is 2.61. The van der Waals surface area contributed by atoms with Crippen molar-refractivity contribution in [1.82, 2.24) is 9.97 Å². The Kier molecular flexibility index (Phi) is 2.69. The number of nitrogens with one attached hydrogen (secondary N) is 1. The highest BCUT2D eigenvalue weighted by Gasteiger charge is 2.11. The van der Waals surface area contributed by atoms with Gasteiger partial charge in [0.25, 0.3) is 0 Å². The average molecular weight is 215 g/mol. The van der Waals surface area contributed by atoms with Crippen molar-refractivity contribution in [2.45, 2.75) is 13.3 Å². The van der Waals surface area contributed by atoms with Crippen LogP contribution in [0.15, 0.2) is 24.3 Å². The largest absolute Gasteiger partial charge is 0.345 e. The third-order valence-electron chi connectivity index (χ3n) is 2.31. The van der Waals surface area contributed by atoms with Gasteiger partial charge in [0.15, 0.2) is 0 Å². The van der Waals surface area contributed by atoms with Gasteiger partial charge >= 0.3 is 0 Å². The van der Waals surface area contributed by atoms with Crippen LogP contribution in [0, 0.1) is 24.1 Å². The lowest BCUT2D eigenvalue weighted by atomic mass is 10.1. The van der Waals surface area contributed by atoms with Crippen LogP contribution in [-0.2, 0) is 6.42 Å². The van der Waals surface area contributed by atoms with Crippen LogP contribution in [0.3, 0.4) is 0 Å². The summed E-state index contributed by atoms with van der Waals surface area (Å²) in [6, 6.07) is 8.47. The molecule has 0 bridgehead atoms. The van der Waals surface area contributed by atoms with E-state index in [-0.39, 0.29) is 12.2 Å². The highest BCUT2D eigenvalue weighted by Crippen LogP contribution is 2.23. The highest BCUT2D eigenvalue weighted by atomic mass is 19.1. The number of hydrogen-bond donors (Lipinski definition) is 1. The number of aromatic amines is 1. The molecule has 0 saturated heterocycles. The zero-order chi connectivity index (χ0) is 11.5. The third kappa shape index (κ3) is 1.80. The second kappa shape index (κ2) is 4.15. The summed E-state index contributed by atoms with van der Waals surface area (Å²) in [5, 5.41) is 8.56. The number of aryl methyl sites for hydroxylation is 1. The lowest BCUT2D eigenvalue weighted by molar-refractivity contribution is 0.630. The maximum absolute atomic E-state index is 13.5. The monoisotopic (exact) mass is 215 g/mol. The van der Waals surface area contributed by atoms with E-state index < -0.39 is 0 Å². The minimum absolute atomic E-state index is 0.204. The van der Waals surface area contributed by atoms with Gasteiger partial charge in [-0.15, -0.1) is 0 Å². The van der Waals surface area contributed by atoms with E-state index in [0.29, 0.717) is 17.1 Å². The third-order valence-corrected chi connectivity index (χ3v) is 2.31. The molecule has 2 aromatic rings. The predicted octanol–water partition coefficient (Wildman–Crippen LogP) is 2.59. The Labute approximate surface area is 92.6 Å². The zero-order valence-electron chi connectivity index (χ0n) is 8.79. The number of aromatic nitrogens is 2. The molecule has 0 aliphatic rings. The van der Waals surface area contributed by atoms with Crippen LogP contribution in [0.5, 0.6) is 0 Å². The summed E-state index contributed by atoms with van der Waals surface area (Å²) < 4.78 is 13.5. The normalized spacial score (nSPS) is 10.1. The van der Waals surface area contributed by atoms with Gasteiger partial charge in [-0.25, -0.2) is 9.37 Å². The highest BCUT2D eigenvalue weighted by molar-refractivity contribution is 5.62. The summed E-state index contributed by atoms with van der Waals surface area (Å²) in [7, 11) is 0. The van der Waals surface area contributed by atoms with Crippen molar-refractivity contribution in [2.75, 3.05) is 0 Å². The summed E-state index contributed by atoms with van der Waals surface area (Å²) in [6.07, 6.45) is 0.204. The van der Waals surface area contributed by atoms with Gasteiger partial charge < -0.3 is 4.98 Å². The van der Waals surface area contributed by atoms with E-state index in [2.05, 4.69) is 9.97 Å². The fourth-order valence-electron chi connectivity index (χ4n) is 1.60. The molecule has 0 spiro atoms. The molecule has 1 heterocycles. The van der Waals surface area contributed by atoms with Gasteiger partial charge in [-0.2, -0.15) is 5.26 Å². The summed E-state index contributed by atoms with van der Waals surface area (Å²) in [5.74, 6) is 0.263. The number of nitrogens with zero attached hydrogens (tertiary/aromatic N) is 2. The van der Waals surface area contributed by atoms with Gasteiger partial charge in [0.2, 0.25) is 0 Å². The van der Waals surface area contributed by atoms with Crippen LogP contribution in [-0.4, -0.2) is 9.97 Å². The fourth-order valence-corrected chi connectivity index (χ4v) is 1.60. The number of halogens is 1. The maximum Gasteiger partial charge on any atom is 0.132 e. The molecular formula is C12H10FN3. The van der Waals surface area contributed by atoms with Crippen molar-refractivity contribution in [2.24, 2.45) is 0 Å². The Morgan fingerprint density at radius 3 is 2.88 bits per heavy atom. The molecule has 0 atom stereocenters. The minimum atomic E-state index is -0.305. The molecule has 0 aliphatic carbocycles. The standard InChI is InChI=1S/C12H10FN3/c1-8-12(16-11(15-8)6-7-14)9-4-2-3-5-10(9)13/h2-5H,6H2,1H3,(H,15,16). The molecular weight excluding hydrogens is 205 g/mol. The van der Waals surface area contributed by atoms with E-state index in [1.165, 1.54) is 6.07 Å². The maximum atomic E-state index is 13.5. The molecule has 0 amide bonds. The van der Waals surface area contributed by atoms with Gasteiger partial charge in [0.1, 0.15) is 11.6 Å². The Morgan fingerprint density at radius 2 is 2.19 bits per heavy atom. The Hall–Kier alpha value is -2.15. The molecule has 0 saturated carbocycles. The van der Waals surface area contributed by atoms with Crippen molar-refractivity contribution in [3.63, 3.8) is 0 Å². The molecule has 1 N–H and O–H groups in total. The SMILES string of the molecule is Cc1[nH]c(CC#N)nc1-c1ccccc1F. The van der Waals surface area contributed by atoms with E-state index in [1.807, 2.05) is 13.0 Å². The lowest BCUT2D eigenvalue weighted by Crippen LogP contribution is -1.86. The Morgan fingerprint density at radius 1 is 1.44 bits per heavy atom. The molecule has 0 aliphatic heterocycles. The van der Waals surface area contributed by atoms with E-state index >= 15 is 0 Å². The quantitative estimate of drug-likeness (QED) is 0.837. The van der Waals surface area contributed by atoms with Gasteiger partial charge in [0, 0.05) is 11.3 Å². The molecule has 4 heteroatoms. The summed E-state index contributed by atoms with van der Waals surface area (Å²) in [4.78, 5) is 7.18. The molecule has 0 unspecified atom stereocenters. The topological polar surface area (TPSA) is 52.5 Å². The van der Waals surface area contributed by atoms with E-state index in [1.54, 1.807) is 18.2 Å². The van der Waals surface area contributed by atoms with Gasteiger partial charge in [-0.05, 0) is 19.1 Å². The van der Waals surface area contributed by atoms with Gasteiger partial charge in [0.05, 0.1) is 18.2 Å². The first kappa shape index (κ1) is 10.4. The minimum Gasteiger partial charge on any atom is -0.345 e. The van der Waals surface area contributed by atoms with Crippen LogP contribution in [0.2, 0.25) is 0 Å². The van der Waals surface area contributed by atoms with Crippen molar-refractivity contribution >= 4 is 0 Å². The van der Waals surface area contributed by atoms with E-state index in [4.69, 9.17) is 5.26 Å². The fraction of sp³-hybridized carbons (Fsp3) is 0.167. The van der Waals surface area contributed by atoms with E-state index in [0.717, 1.165) is 5.69 Å². The molecule has 2 rings (SSSR count). The zero-order valence-corrected chi connectivity index (χ0v) is 8.79. The number of H-pyrrole nitrogens is 1. The second-order valence-corrected chi connectivity index (χ2v) is 3.47. The molecule has 80 valence electrons. The number of hydrogen-bond acceptors (Lipinski definition) is 2. The van der Waals surface area contributed by atoms with Crippen LogP contribution < -0.4 is 0 Å². The van der Waals surface area contributed by atoms with Crippen molar-refractivity contribution in [3.8, 4) is 17.3 Å². The predicted molar refractivity (Wildman–Crippen MR) is 58.0 cm³/mol. The van der Waals surface area contributed by atoms with Crippen LogP contribution >= 0.6 is 0 Å². The van der Waals surface area contributed by atoms with E-state index in [9.17, 15) is 4.39 Å². The van der Waals surface area contributed by atoms with Crippen LogP contribution in [0.25, 0.3) is 11.3 Å². The lowest BCUT2D eigenvalue weighted by Gasteiger charge is -1.99. The first-order valence-electron chi connectivity index (χ1n) is 4.89. The van der Waals surface area contributed by atoms with Gasteiger partial charge in [-0.1, -0.05) is 12.1 Å². The van der Waals surface area contributed by atoms with Crippen molar-refractivity contribution in [3.05, 3.63) is 41.6 Å². The van der Waals surface area contributed by atoms with Gasteiger partial charge in [-0.3, -0.25) is 0 Å². The van der Waals surface area contributed by atoms with Crippen LogP contribution in [0.1, 0.15) is 11.5 Å². The number of imidazole rings is 1. The number of rotatable bonds is 2. The first-order valence-corrected chi connectivity index (χ1v) is 4.89. The Bertz CT molecular complexity index is 552. The first-order chi connectivity index (χ1) is 7.72. The summed E-state index contributed by atoms with van der Waals surface area (Å²) in [6.45, 7) is 1.82. The molecule has 3 nitrogen and oxygen atoms in total. The molecule has 1 aromatic heterocycles. The van der Waals surface area contributed by atoms with Crippen LogP contribution in [0.4, 0.5) is 4.39 Å². The smallest absolute Gasteiger partial charge is 0.132 e. The van der Waals surface area contributed by atoms with Crippen molar-refractivity contribution in [1.29, 1.82) is 5.26 Å². The molecule has 16 heavy (non-hydrogen) atoms. The second-order valence-electron chi connectivity index (χ2n) is 3.47.